The third-order valence-corrected chi connectivity index (χ3v) is 4.96. The van der Waals surface area contributed by atoms with E-state index in [1.807, 2.05) is 11.1 Å². The van der Waals surface area contributed by atoms with Crippen LogP contribution in [-0.4, -0.2) is 49.1 Å². The van der Waals surface area contributed by atoms with Gasteiger partial charge in [-0.3, -0.25) is 20.1 Å². The zero-order chi connectivity index (χ0) is 14.2. The third kappa shape index (κ3) is 2.40. The fourth-order valence-electron chi connectivity index (χ4n) is 3.78. The van der Waals surface area contributed by atoms with Crippen LogP contribution < -0.4 is 15.8 Å². The number of nitrogens with zero attached hydrogens (tertiary/aromatic N) is 2. The minimum atomic E-state index is -0.0906. The molecule has 0 radical (unpaired) electrons. The first-order valence-corrected chi connectivity index (χ1v) is 7.94. The Kier molecular flexibility index (Phi) is 3.31. The average molecular weight is 286 g/mol. The van der Waals surface area contributed by atoms with Crippen molar-refractivity contribution in [2.45, 2.75) is 31.3 Å². The molecule has 0 aliphatic carbocycles. The van der Waals surface area contributed by atoms with Gasteiger partial charge in [0.2, 0.25) is 0 Å². The van der Waals surface area contributed by atoms with Crippen LogP contribution in [0.15, 0.2) is 24.3 Å². The molecule has 3 heterocycles. The first-order valence-electron chi connectivity index (χ1n) is 7.94. The molecule has 2 atom stereocenters. The molecule has 2 fully saturated rings. The summed E-state index contributed by atoms with van der Waals surface area (Å²) in [6.07, 6.45) is 3.53. The maximum absolute atomic E-state index is 12.5. The van der Waals surface area contributed by atoms with Gasteiger partial charge in [0.15, 0.2) is 0 Å². The van der Waals surface area contributed by atoms with Crippen molar-refractivity contribution >= 4 is 11.6 Å². The molecule has 21 heavy (non-hydrogen) atoms. The lowest BCUT2D eigenvalue weighted by Crippen LogP contribution is -2.61. The van der Waals surface area contributed by atoms with Gasteiger partial charge < -0.3 is 5.32 Å². The Bertz CT molecular complexity index is 547. The Morgan fingerprint density at radius 3 is 3.14 bits per heavy atom. The van der Waals surface area contributed by atoms with Crippen molar-refractivity contribution in [1.29, 1.82) is 0 Å². The van der Waals surface area contributed by atoms with E-state index in [1.165, 1.54) is 18.4 Å². The Balaban J connectivity index is 1.40. The maximum Gasteiger partial charge on any atom is 0.256 e. The molecule has 112 valence electrons. The van der Waals surface area contributed by atoms with Crippen LogP contribution in [-0.2, 0) is 11.2 Å². The van der Waals surface area contributed by atoms with E-state index in [1.54, 1.807) is 0 Å². The molecule has 0 aromatic heterocycles. The van der Waals surface area contributed by atoms with Gasteiger partial charge in [-0.25, -0.2) is 0 Å². The first kappa shape index (κ1) is 13.1. The maximum atomic E-state index is 12.5. The van der Waals surface area contributed by atoms with Crippen molar-refractivity contribution in [3.63, 3.8) is 0 Å². The van der Waals surface area contributed by atoms with Crippen molar-refractivity contribution in [2.24, 2.45) is 0 Å². The quantitative estimate of drug-likeness (QED) is 0.832. The first-order chi connectivity index (χ1) is 10.3. The van der Waals surface area contributed by atoms with Crippen molar-refractivity contribution in [3.8, 4) is 0 Å². The van der Waals surface area contributed by atoms with Gasteiger partial charge in [0.05, 0.1) is 5.69 Å². The van der Waals surface area contributed by atoms with Crippen LogP contribution in [0.25, 0.3) is 0 Å². The molecule has 0 saturated carbocycles. The van der Waals surface area contributed by atoms with Gasteiger partial charge >= 0.3 is 0 Å². The van der Waals surface area contributed by atoms with Crippen molar-refractivity contribution < 1.29 is 4.79 Å². The highest BCUT2D eigenvalue weighted by atomic mass is 16.2. The number of carbonyl (C=O) groups excluding carboxylic acids is 1. The highest BCUT2D eigenvalue weighted by Crippen LogP contribution is 2.26. The highest BCUT2D eigenvalue weighted by molar-refractivity contribution is 5.84. The number of amides is 1. The molecule has 4 rings (SSSR count). The molecule has 3 aliphatic heterocycles. The zero-order valence-corrected chi connectivity index (χ0v) is 12.2. The second-order valence-corrected chi connectivity index (χ2v) is 6.26. The fourth-order valence-corrected chi connectivity index (χ4v) is 3.78. The largest absolute Gasteiger partial charge is 0.303 e. The summed E-state index contributed by atoms with van der Waals surface area (Å²) in [7, 11) is 0. The minimum absolute atomic E-state index is 0.0906. The minimum Gasteiger partial charge on any atom is -0.303 e. The van der Waals surface area contributed by atoms with Gasteiger partial charge in [-0.2, -0.15) is 0 Å². The Hall–Kier alpha value is -1.59. The van der Waals surface area contributed by atoms with Gasteiger partial charge in [-0.1, -0.05) is 18.2 Å². The predicted octanol–water partition coefficient (Wildman–Crippen LogP) is 0.516. The van der Waals surface area contributed by atoms with Crippen LogP contribution in [0, 0.1) is 0 Å². The van der Waals surface area contributed by atoms with E-state index < -0.39 is 0 Å². The topological polar surface area (TPSA) is 47.6 Å². The molecular weight excluding hydrogens is 264 g/mol. The lowest BCUT2D eigenvalue weighted by Gasteiger charge is -2.36. The van der Waals surface area contributed by atoms with Crippen molar-refractivity contribution in [2.75, 3.05) is 31.2 Å². The Labute approximate surface area is 125 Å². The third-order valence-electron chi connectivity index (χ3n) is 4.96. The molecule has 5 heteroatoms. The van der Waals surface area contributed by atoms with E-state index in [2.05, 4.69) is 33.8 Å². The monoisotopic (exact) mass is 286 g/mol. The van der Waals surface area contributed by atoms with Crippen LogP contribution in [0.1, 0.15) is 18.4 Å². The number of hydrazine groups is 1. The molecule has 0 spiro atoms. The van der Waals surface area contributed by atoms with Crippen molar-refractivity contribution in [3.05, 3.63) is 29.8 Å². The van der Waals surface area contributed by atoms with Gasteiger partial charge in [0.25, 0.3) is 5.91 Å². The summed E-state index contributed by atoms with van der Waals surface area (Å²) in [5.41, 5.74) is 5.54. The van der Waals surface area contributed by atoms with Gasteiger partial charge in [-0.05, 0) is 37.4 Å². The molecule has 1 aromatic rings. The van der Waals surface area contributed by atoms with Gasteiger partial charge in [0, 0.05) is 25.7 Å². The highest BCUT2D eigenvalue weighted by Gasteiger charge is 2.35. The van der Waals surface area contributed by atoms with Crippen LogP contribution in [0.2, 0.25) is 0 Å². The molecule has 3 aliphatic rings. The smallest absolute Gasteiger partial charge is 0.256 e. The summed E-state index contributed by atoms with van der Waals surface area (Å²) in [5, 5.41) is 5.40. The summed E-state index contributed by atoms with van der Waals surface area (Å²) >= 11 is 0. The van der Waals surface area contributed by atoms with E-state index in [0.717, 1.165) is 38.3 Å². The molecule has 1 aromatic carbocycles. The Morgan fingerprint density at radius 2 is 2.19 bits per heavy atom. The number of hydrogen-bond acceptors (Lipinski definition) is 4. The number of anilines is 1. The van der Waals surface area contributed by atoms with E-state index in [9.17, 15) is 4.79 Å². The lowest BCUT2D eigenvalue weighted by molar-refractivity contribution is -0.124. The number of hydrogen-bond donors (Lipinski definition) is 2. The molecule has 2 N–H and O–H groups in total. The standard InChI is InChI=1S/C16H22N4O/c21-16(14-11-19-8-3-5-13(19)10-17-14)18-20-9-7-12-4-1-2-6-15(12)20/h1-2,4,6,13-14,17H,3,5,7-11H2,(H,18,21). The van der Waals surface area contributed by atoms with Gasteiger partial charge in [-0.15, -0.1) is 0 Å². The number of nitrogens with one attached hydrogen (secondary N) is 2. The summed E-state index contributed by atoms with van der Waals surface area (Å²) < 4.78 is 0. The normalized spacial score (nSPS) is 28.3. The number of benzene rings is 1. The molecule has 0 bridgehead atoms. The van der Waals surface area contributed by atoms with E-state index in [-0.39, 0.29) is 11.9 Å². The second kappa shape index (κ2) is 5.31. The molecule has 5 nitrogen and oxygen atoms in total. The second-order valence-electron chi connectivity index (χ2n) is 6.26. The molecule has 2 unspecified atom stereocenters. The van der Waals surface area contributed by atoms with Crippen LogP contribution >= 0.6 is 0 Å². The van der Waals surface area contributed by atoms with Crippen LogP contribution in [0.4, 0.5) is 5.69 Å². The number of rotatable bonds is 2. The van der Waals surface area contributed by atoms with E-state index >= 15 is 0 Å². The SMILES string of the molecule is O=C(NN1CCc2ccccc21)C1CN2CCCC2CN1. The van der Waals surface area contributed by atoms with Crippen molar-refractivity contribution in [1.82, 2.24) is 15.6 Å². The zero-order valence-electron chi connectivity index (χ0n) is 12.2. The molecule has 1 amide bonds. The summed E-state index contributed by atoms with van der Waals surface area (Å²) in [6, 6.07) is 8.84. The number of fused-ring (bicyclic) bond motifs is 2. The summed E-state index contributed by atoms with van der Waals surface area (Å²) in [5.74, 6) is 0.0945. The van der Waals surface area contributed by atoms with E-state index in [0.29, 0.717) is 6.04 Å². The number of carbonyl (C=O) groups is 1. The van der Waals surface area contributed by atoms with Gasteiger partial charge in [0.1, 0.15) is 6.04 Å². The predicted molar refractivity (Wildman–Crippen MR) is 82.0 cm³/mol. The van der Waals surface area contributed by atoms with Crippen LogP contribution in [0.5, 0.6) is 0 Å². The molecule has 2 saturated heterocycles. The number of para-hydroxylation sites is 1. The van der Waals surface area contributed by atoms with E-state index in [4.69, 9.17) is 0 Å². The average Bonchev–Trinajstić information content (AvgIpc) is 3.13. The fraction of sp³-hybridized carbons (Fsp3) is 0.562. The van der Waals surface area contributed by atoms with Crippen LogP contribution in [0.3, 0.4) is 0 Å². The Morgan fingerprint density at radius 1 is 1.29 bits per heavy atom. The summed E-state index contributed by atoms with van der Waals surface area (Å²) in [6.45, 7) is 3.79. The molecular formula is C16H22N4O. The lowest BCUT2D eigenvalue weighted by atomic mass is 10.1. The summed E-state index contributed by atoms with van der Waals surface area (Å²) in [4.78, 5) is 15.0. The number of piperazine rings is 1.